The van der Waals surface area contributed by atoms with Crippen LogP contribution in [0.4, 0.5) is 29.7 Å². The van der Waals surface area contributed by atoms with Crippen LogP contribution in [0.15, 0.2) is 153 Å². The highest BCUT2D eigenvalue weighted by Gasteiger charge is 2.45. The number of piperazine rings is 2. The topological polar surface area (TPSA) is 244 Å². The maximum Gasteiger partial charge on any atom is 0.338 e. The number of aromatic nitrogens is 2. The Bertz CT molecular complexity index is 4360. The molecule has 6 aliphatic rings. The number of carboxylic acid groups (broad SMARTS) is 1. The normalized spacial score (nSPS) is 19.4. The standard InChI is InChI=1S/C38H36ClFN6O5S.C33H34ClFN6O5S/c1-23-3-11-28(12-4-23)51-32(47)14-7-24-5-9-26(10-6-24)46-21-27-20-44(16-17-45(27)38(46)49)22-31-33(37(48)50-2)34(29-13-8-25(40)19-30(29)39)43-35(42-31)36-41-15-18-52-36;1-18-12-20(4-7-26(42)43)13-19(2)29(18)41-16-22-15-39(9-10-40(22)33(41)45)17-25-27(32(44)46-3)28(23-6-5-21(35)14-24(23)34)38-30(37-25)31-36-8-11-47-31/h3-6,8-13,15,18-19,27,34H,7,14,16-17,20-22H2,1-2H3,(H,42,43);5-6,8,11-14,22,28H,4,7,9-10,15-17H2,1-3H3,(H,37,38)(H,42,43)/t27-,34-;22-,28-/m00/s1. The van der Waals surface area contributed by atoms with Crippen LogP contribution in [-0.2, 0) is 41.5 Å². The molecule has 8 heterocycles. The van der Waals surface area contributed by atoms with Gasteiger partial charge in [0.2, 0.25) is 0 Å². The second kappa shape index (κ2) is 30.4. The van der Waals surface area contributed by atoms with Crippen molar-refractivity contribution in [2.75, 3.05) is 89.5 Å². The maximum atomic E-state index is 14.0. The number of amidine groups is 2. The van der Waals surface area contributed by atoms with Crippen molar-refractivity contribution in [3.8, 4) is 5.75 Å². The van der Waals surface area contributed by atoms with Gasteiger partial charge < -0.3 is 39.8 Å². The van der Waals surface area contributed by atoms with Crippen LogP contribution in [-0.4, -0.2) is 174 Å². The number of hydrogen-bond donors (Lipinski definition) is 3. The molecule has 4 amide bonds. The van der Waals surface area contributed by atoms with Crippen molar-refractivity contribution in [1.82, 2.24) is 40.2 Å². The summed E-state index contributed by atoms with van der Waals surface area (Å²) in [5.74, 6) is -1.86. The van der Waals surface area contributed by atoms with E-state index in [0.29, 0.717) is 128 Å². The summed E-state index contributed by atoms with van der Waals surface area (Å²) < 4.78 is 43.9. The van der Waals surface area contributed by atoms with E-state index in [-0.39, 0.29) is 64.1 Å². The Kier molecular flexibility index (Phi) is 21.3. The Balaban J connectivity index is 0.000000189. The number of halogens is 4. The second-order valence-electron chi connectivity index (χ2n) is 24.7. The molecule has 4 saturated heterocycles. The van der Waals surface area contributed by atoms with E-state index in [1.54, 1.807) is 29.4 Å². The van der Waals surface area contributed by atoms with Crippen LogP contribution in [0.5, 0.6) is 5.75 Å². The molecule has 4 atom stereocenters. The minimum absolute atomic E-state index is 0.0460. The summed E-state index contributed by atoms with van der Waals surface area (Å²) in [5.41, 5.74) is 9.08. The molecule has 0 spiro atoms. The van der Waals surface area contributed by atoms with Crippen molar-refractivity contribution >= 4 is 105 Å². The molecule has 6 aliphatic heterocycles. The van der Waals surface area contributed by atoms with Crippen molar-refractivity contribution in [2.45, 2.75) is 70.6 Å². The molecular weight excluding hydrogens is 1350 g/mol. The summed E-state index contributed by atoms with van der Waals surface area (Å²) in [7, 11) is 2.61. The molecule has 0 radical (unpaired) electrons. The molecule has 99 heavy (non-hydrogen) atoms. The van der Waals surface area contributed by atoms with Crippen LogP contribution >= 0.6 is 45.9 Å². The fourth-order valence-corrected chi connectivity index (χ4v) is 15.1. The van der Waals surface area contributed by atoms with Crippen molar-refractivity contribution in [2.24, 2.45) is 9.98 Å². The number of hydrogen-bond acceptors (Lipinski definition) is 19. The molecule has 0 bridgehead atoms. The highest BCUT2D eigenvalue weighted by molar-refractivity contribution is 7.12. The summed E-state index contributed by atoms with van der Waals surface area (Å²) in [6.45, 7) is 10.8. The van der Waals surface area contributed by atoms with E-state index in [1.807, 2.05) is 94.8 Å². The van der Waals surface area contributed by atoms with E-state index in [4.69, 9.17) is 52.5 Å². The first-order valence-electron chi connectivity index (χ1n) is 32.0. The smallest absolute Gasteiger partial charge is 0.338 e. The van der Waals surface area contributed by atoms with Gasteiger partial charge in [0.1, 0.15) is 29.5 Å². The van der Waals surface area contributed by atoms with E-state index in [0.717, 1.165) is 39.2 Å². The summed E-state index contributed by atoms with van der Waals surface area (Å²) in [6.07, 6.45) is 4.56. The Hall–Kier alpha value is -9.44. The van der Waals surface area contributed by atoms with Gasteiger partial charge in [0.25, 0.3) is 0 Å². The number of carbonyl (C=O) groups excluding carboxylic acids is 5. The molecule has 22 nitrogen and oxygen atoms in total. The number of anilines is 2. The molecule has 5 aromatic carbocycles. The molecular formula is C71H70Cl2F2N12O10S2. The molecule has 0 saturated carbocycles. The number of nitrogens with one attached hydrogen (secondary N) is 2. The number of urea groups is 2. The number of carbonyl (C=O) groups is 6. The quantitative estimate of drug-likeness (QED) is 0.0503. The average molecular weight is 1420 g/mol. The van der Waals surface area contributed by atoms with Crippen LogP contribution in [0.3, 0.4) is 0 Å². The zero-order chi connectivity index (χ0) is 69.8. The van der Waals surface area contributed by atoms with Gasteiger partial charge in [-0.25, -0.2) is 37.9 Å². The number of rotatable bonds is 19. The number of amides is 4. The van der Waals surface area contributed by atoms with E-state index >= 15 is 0 Å². The lowest BCUT2D eigenvalue weighted by Crippen LogP contribution is -2.53. The Morgan fingerprint density at radius 1 is 0.606 bits per heavy atom. The molecule has 514 valence electrons. The van der Waals surface area contributed by atoms with Gasteiger partial charge in [0, 0.05) is 140 Å². The van der Waals surface area contributed by atoms with Gasteiger partial charge in [0.15, 0.2) is 21.7 Å². The van der Waals surface area contributed by atoms with Crippen LogP contribution in [0, 0.1) is 32.4 Å². The second-order valence-corrected chi connectivity index (χ2v) is 27.3. The third kappa shape index (κ3) is 15.6. The SMILES string of the molecule is COC(=O)C1=C(CN2CCN3C(=O)N(c4c(C)cc(CCC(=O)O)cc4C)C[C@@H]3C2)NC(c2nccs2)=N[C@H]1c1ccc(F)cc1Cl.COC(=O)C1=C(CN2CCN3C(=O)N(c4ccc(CCC(=O)Oc5ccc(C)cc5)cc4)C[C@@H]3C2)NC(c2nccs2)=N[C@H]1c1ccc(F)cc1Cl. The number of nitrogens with zero attached hydrogens (tertiary/aromatic N) is 10. The molecule has 0 aliphatic carbocycles. The number of fused-ring (bicyclic) bond motifs is 2. The monoisotopic (exact) mass is 1420 g/mol. The van der Waals surface area contributed by atoms with Crippen LogP contribution in [0.2, 0.25) is 10.0 Å². The number of esters is 3. The van der Waals surface area contributed by atoms with Gasteiger partial charge >= 0.3 is 35.9 Å². The lowest BCUT2D eigenvalue weighted by molar-refractivity contribution is -0.137. The number of benzene rings is 5. The number of ether oxygens (including phenoxy) is 3. The van der Waals surface area contributed by atoms with Gasteiger partial charge in [0.05, 0.1) is 43.1 Å². The number of thiazole rings is 2. The maximum absolute atomic E-state index is 14.0. The lowest BCUT2D eigenvalue weighted by atomic mass is 9.95. The lowest BCUT2D eigenvalue weighted by Gasteiger charge is -2.38. The largest absolute Gasteiger partial charge is 0.481 e. The fourth-order valence-electron chi connectivity index (χ4n) is 13.4. The van der Waals surface area contributed by atoms with Crippen LogP contribution < -0.4 is 25.2 Å². The van der Waals surface area contributed by atoms with Crippen molar-refractivity contribution < 1.29 is 56.9 Å². The molecule has 13 rings (SSSR count). The molecule has 3 N–H and O–H groups in total. The first-order valence-corrected chi connectivity index (χ1v) is 34.5. The minimum Gasteiger partial charge on any atom is -0.481 e. The van der Waals surface area contributed by atoms with Gasteiger partial charge in [-0.2, -0.15) is 0 Å². The predicted molar refractivity (Wildman–Crippen MR) is 373 cm³/mol. The first-order chi connectivity index (χ1) is 47.7. The summed E-state index contributed by atoms with van der Waals surface area (Å²) in [6, 6.07) is 25.0. The van der Waals surface area contributed by atoms with Crippen molar-refractivity contribution in [3.05, 3.63) is 213 Å². The molecule has 28 heteroatoms. The highest BCUT2D eigenvalue weighted by atomic mass is 35.5. The van der Waals surface area contributed by atoms with Crippen LogP contribution in [0.25, 0.3) is 0 Å². The van der Waals surface area contributed by atoms with E-state index in [1.165, 1.54) is 73.3 Å². The Morgan fingerprint density at radius 2 is 1.09 bits per heavy atom. The number of methoxy groups -OCH3 is 2. The first kappa shape index (κ1) is 69.5. The zero-order valence-electron chi connectivity index (χ0n) is 54.7. The third-order valence-electron chi connectivity index (χ3n) is 18.1. The number of aryl methyl sites for hydroxylation is 5. The number of carboxylic acids is 1. The highest BCUT2D eigenvalue weighted by Crippen LogP contribution is 2.41. The van der Waals surface area contributed by atoms with E-state index in [9.17, 15) is 37.5 Å². The van der Waals surface area contributed by atoms with Crippen LogP contribution in [0.1, 0.15) is 73.9 Å². The van der Waals surface area contributed by atoms with Gasteiger partial charge in [-0.05, 0) is 104 Å². The Labute approximate surface area is 587 Å². The zero-order valence-corrected chi connectivity index (χ0v) is 57.8. The summed E-state index contributed by atoms with van der Waals surface area (Å²) in [4.78, 5) is 108. The fraction of sp³-hybridized carbons (Fsp3) is 0.324. The van der Waals surface area contributed by atoms with Gasteiger partial charge in [-0.3, -0.25) is 39.2 Å². The van der Waals surface area contributed by atoms with Crippen molar-refractivity contribution in [3.63, 3.8) is 0 Å². The molecule has 7 aromatic rings. The average Bonchev–Trinajstić information content (AvgIpc) is 1.46. The van der Waals surface area contributed by atoms with Crippen molar-refractivity contribution in [1.29, 1.82) is 0 Å². The molecule has 0 unspecified atom stereocenters. The third-order valence-corrected chi connectivity index (χ3v) is 20.3. The summed E-state index contributed by atoms with van der Waals surface area (Å²) in [5, 5.41) is 20.9. The number of aliphatic imine (C=N–C) groups is 2. The van der Waals surface area contributed by atoms with E-state index in [2.05, 4.69) is 30.4 Å². The van der Waals surface area contributed by atoms with E-state index < -0.39 is 41.6 Å². The Morgan fingerprint density at radius 3 is 1.56 bits per heavy atom. The minimum atomic E-state index is -0.861. The van der Waals surface area contributed by atoms with Gasteiger partial charge in [-0.1, -0.05) is 77.3 Å². The molecule has 2 aromatic heterocycles. The predicted octanol–water partition coefficient (Wildman–Crippen LogP) is 10.6. The molecule has 4 fully saturated rings. The van der Waals surface area contributed by atoms with Gasteiger partial charge in [-0.15, -0.1) is 22.7 Å². The summed E-state index contributed by atoms with van der Waals surface area (Å²) >= 11 is 15.8. The number of aliphatic carboxylic acids is 1.